The van der Waals surface area contributed by atoms with E-state index >= 15 is 0 Å². The topological polar surface area (TPSA) is 72.6 Å². The molecular formula is C16H22N2O3. The fourth-order valence-corrected chi connectivity index (χ4v) is 2.57. The van der Waals surface area contributed by atoms with Crippen LogP contribution < -0.4 is 5.73 Å². The number of likely N-dealkylation sites (tertiary alicyclic amines) is 1. The van der Waals surface area contributed by atoms with Crippen molar-refractivity contribution in [1.29, 1.82) is 0 Å². The molecule has 0 radical (unpaired) electrons. The predicted molar refractivity (Wildman–Crippen MR) is 79.2 cm³/mol. The SMILES string of the molecule is CC(C)C(C(=O)OCc1ccccc1)N1CC[C@@H](N)C1=O. The van der Waals surface area contributed by atoms with E-state index in [9.17, 15) is 9.59 Å². The van der Waals surface area contributed by atoms with Crippen LogP contribution >= 0.6 is 0 Å². The Balaban J connectivity index is 2.01. The molecule has 0 aliphatic carbocycles. The number of benzene rings is 1. The number of amides is 1. The molecule has 1 aromatic rings. The van der Waals surface area contributed by atoms with E-state index in [1.165, 1.54) is 0 Å². The van der Waals surface area contributed by atoms with Gasteiger partial charge in [-0.25, -0.2) is 4.79 Å². The van der Waals surface area contributed by atoms with Gasteiger partial charge in [-0.2, -0.15) is 0 Å². The number of rotatable bonds is 5. The van der Waals surface area contributed by atoms with Gasteiger partial charge in [0.1, 0.15) is 12.6 Å². The number of esters is 1. The van der Waals surface area contributed by atoms with Gasteiger partial charge >= 0.3 is 5.97 Å². The maximum absolute atomic E-state index is 12.3. The lowest BCUT2D eigenvalue weighted by Gasteiger charge is -2.29. The van der Waals surface area contributed by atoms with Gasteiger partial charge in [-0.05, 0) is 17.9 Å². The summed E-state index contributed by atoms with van der Waals surface area (Å²) in [7, 11) is 0. The van der Waals surface area contributed by atoms with E-state index in [0.717, 1.165) is 5.56 Å². The maximum Gasteiger partial charge on any atom is 0.329 e. The Morgan fingerprint density at radius 3 is 2.57 bits per heavy atom. The van der Waals surface area contributed by atoms with Gasteiger partial charge < -0.3 is 15.4 Å². The summed E-state index contributed by atoms with van der Waals surface area (Å²) in [5, 5.41) is 0. The second-order valence-corrected chi connectivity index (χ2v) is 5.71. The van der Waals surface area contributed by atoms with Crippen molar-refractivity contribution in [3.8, 4) is 0 Å². The largest absolute Gasteiger partial charge is 0.459 e. The van der Waals surface area contributed by atoms with E-state index in [-0.39, 0.29) is 24.4 Å². The summed E-state index contributed by atoms with van der Waals surface area (Å²) < 4.78 is 5.37. The first kappa shape index (κ1) is 15.5. The Kier molecular flexibility index (Phi) is 4.96. The van der Waals surface area contributed by atoms with Crippen LogP contribution in [-0.4, -0.2) is 35.4 Å². The van der Waals surface area contributed by atoms with Gasteiger partial charge in [-0.1, -0.05) is 44.2 Å². The second kappa shape index (κ2) is 6.72. The Labute approximate surface area is 125 Å². The molecule has 1 aliphatic heterocycles. The molecule has 0 spiro atoms. The van der Waals surface area contributed by atoms with Gasteiger partial charge in [0.2, 0.25) is 5.91 Å². The molecule has 2 rings (SSSR count). The summed E-state index contributed by atoms with van der Waals surface area (Å²) in [6, 6.07) is 8.44. The molecule has 0 bridgehead atoms. The lowest BCUT2D eigenvalue weighted by molar-refractivity contribution is -0.157. The normalized spacial score (nSPS) is 19.9. The van der Waals surface area contributed by atoms with Gasteiger partial charge in [0.15, 0.2) is 0 Å². The van der Waals surface area contributed by atoms with Gasteiger partial charge in [-0.15, -0.1) is 0 Å². The Morgan fingerprint density at radius 2 is 2.05 bits per heavy atom. The Hall–Kier alpha value is -1.88. The molecule has 1 aromatic carbocycles. The molecule has 1 aliphatic rings. The number of ether oxygens (including phenoxy) is 1. The average Bonchev–Trinajstić information content (AvgIpc) is 2.78. The fourth-order valence-electron chi connectivity index (χ4n) is 2.57. The number of hydrogen-bond donors (Lipinski definition) is 1. The van der Waals surface area contributed by atoms with Crippen molar-refractivity contribution in [3.05, 3.63) is 35.9 Å². The van der Waals surface area contributed by atoms with Crippen molar-refractivity contribution < 1.29 is 14.3 Å². The number of carbonyl (C=O) groups excluding carboxylic acids is 2. The Morgan fingerprint density at radius 1 is 1.38 bits per heavy atom. The molecular weight excluding hydrogens is 268 g/mol. The summed E-state index contributed by atoms with van der Waals surface area (Å²) in [5.41, 5.74) is 6.66. The molecule has 5 heteroatoms. The third-order valence-electron chi connectivity index (χ3n) is 3.71. The van der Waals surface area contributed by atoms with Crippen molar-refractivity contribution in [2.45, 2.75) is 39.0 Å². The number of nitrogens with zero attached hydrogens (tertiary/aromatic N) is 1. The zero-order chi connectivity index (χ0) is 15.4. The third-order valence-corrected chi connectivity index (χ3v) is 3.71. The smallest absolute Gasteiger partial charge is 0.329 e. The highest BCUT2D eigenvalue weighted by atomic mass is 16.5. The highest BCUT2D eigenvalue weighted by Gasteiger charge is 2.39. The summed E-state index contributed by atoms with van der Waals surface area (Å²) >= 11 is 0. The molecule has 0 aromatic heterocycles. The van der Waals surface area contributed by atoms with Gasteiger partial charge in [-0.3, -0.25) is 4.79 Å². The van der Waals surface area contributed by atoms with Crippen molar-refractivity contribution in [2.75, 3.05) is 6.54 Å². The van der Waals surface area contributed by atoms with Crippen LogP contribution in [0.1, 0.15) is 25.8 Å². The predicted octanol–water partition coefficient (Wildman–Crippen LogP) is 1.31. The van der Waals surface area contributed by atoms with E-state index in [2.05, 4.69) is 0 Å². The van der Waals surface area contributed by atoms with E-state index in [0.29, 0.717) is 13.0 Å². The molecule has 1 saturated heterocycles. The molecule has 1 fully saturated rings. The quantitative estimate of drug-likeness (QED) is 0.830. The monoisotopic (exact) mass is 290 g/mol. The molecule has 1 unspecified atom stereocenters. The minimum Gasteiger partial charge on any atom is -0.459 e. The van der Waals surface area contributed by atoms with Crippen molar-refractivity contribution in [1.82, 2.24) is 4.90 Å². The van der Waals surface area contributed by atoms with E-state index in [1.54, 1.807) is 4.90 Å². The van der Waals surface area contributed by atoms with Crippen LogP contribution in [0.5, 0.6) is 0 Å². The number of hydrogen-bond acceptors (Lipinski definition) is 4. The van der Waals surface area contributed by atoms with Crippen LogP contribution in [0.3, 0.4) is 0 Å². The summed E-state index contributed by atoms with van der Waals surface area (Å²) in [5.74, 6) is -0.538. The lowest BCUT2D eigenvalue weighted by Crippen LogP contribution is -2.48. The van der Waals surface area contributed by atoms with Gasteiger partial charge in [0.05, 0.1) is 6.04 Å². The zero-order valence-corrected chi connectivity index (χ0v) is 12.5. The third kappa shape index (κ3) is 3.61. The van der Waals surface area contributed by atoms with Crippen LogP contribution in [-0.2, 0) is 20.9 Å². The van der Waals surface area contributed by atoms with Crippen molar-refractivity contribution >= 4 is 11.9 Å². The average molecular weight is 290 g/mol. The first-order valence-corrected chi connectivity index (χ1v) is 7.27. The van der Waals surface area contributed by atoms with Crippen molar-refractivity contribution in [3.63, 3.8) is 0 Å². The summed E-state index contributed by atoms with van der Waals surface area (Å²) in [6.45, 7) is 4.55. The van der Waals surface area contributed by atoms with Crippen LogP contribution in [0, 0.1) is 5.92 Å². The molecule has 5 nitrogen and oxygen atoms in total. The minimum absolute atomic E-state index is 0.0116. The number of nitrogens with two attached hydrogens (primary N) is 1. The number of carbonyl (C=O) groups is 2. The van der Waals surface area contributed by atoms with Crippen molar-refractivity contribution in [2.24, 2.45) is 11.7 Å². The first-order valence-electron chi connectivity index (χ1n) is 7.27. The maximum atomic E-state index is 12.3. The molecule has 21 heavy (non-hydrogen) atoms. The van der Waals surface area contributed by atoms with Crippen LogP contribution in [0.15, 0.2) is 30.3 Å². The summed E-state index contributed by atoms with van der Waals surface area (Å²) in [6.07, 6.45) is 0.591. The van der Waals surface area contributed by atoms with E-state index in [1.807, 2.05) is 44.2 Å². The molecule has 0 saturated carbocycles. The molecule has 1 amide bonds. The van der Waals surface area contributed by atoms with Gasteiger partial charge in [0, 0.05) is 6.54 Å². The molecule has 2 N–H and O–H groups in total. The first-order chi connectivity index (χ1) is 10.0. The van der Waals surface area contributed by atoms with Crippen LogP contribution in [0.25, 0.3) is 0 Å². The minimum atomic E-state index is -0.560. The van der Waals surface area contributed by atoms with Crippen LogP contribution in [0.4, 0.5) is 0 Å². The lowest BCUT2D eigenvalue weighted by atomic mass is 10.0. The highest BCUT2D eigenvalue weighted by Crippen LogP contribution is 2.20. The second-order valence-electron chi connectivity index (χ2n) is 5.71. The fraction of sp³-hybridized carbons (Fsp3) is 0.500. The standard InChI is InChI=1S/C16H22N2O3/c1-11(2)14(18-9-8-13(17)15(18)19)16(20)21-10-12-6-4-3-5-7-12/h3-7,11,13-14H,8-10,17H2,1-2H3/t13-,14?/m1/s1. The molecule has 2 atom stereocenters. The van der Waals surface area contributed by atoms with Gasteiger partial charge in [0.25, 0.3) is 0 Å². The molecule has 1 heterocycles. The van der Waals surface area contributed by atoms with Crippen LogP contribution in [0.2, 0.25) is 0 Å². The van der Waals surface area contributed by atoms with E-state index < -0.39 is 12.1 Å². The summed E-state index contributed by atoms with van der Waals surface area (Å²) in [4.78, 5) is 25.9. The van der Waals surface area contributed by atoms with E-state index in [4.69, 9.17) is 10.5 Å². The molecule has 114 valence electrons. The Bertz CT molecular complexity index is 502. The zero-order valence-electron chi connectivity index (χ0n) is 12.5. The highest BCUT2D eigenvalue weighted by molar-refractivity contribution is 5.89.